The highest BCUT2D eigenvalue weighted by molar-refractivity contribution is 7.20. The summed E-state index contributed by atoms with van der Waals surface area (Å²) in [6, 6.07) is 45.3. The molecular weight excluding hydrogens is 388 g/mol. The maximum atomic E-state index is 2.42. The molecule has 1 heteroatoms. The molecule has 0 bridgehead atoms. The van der Waals surface area contributed by atoms with Crippen LogP contribution in [0.4, 0.5) is 0 Å². The van der Waals surface area contributed by atoms with E-state index in [1.807, 2.05) is 0 Å². The molecule has 0 aliphatic rings. The van der Waals surface area contributed by atoms with Crippen molar-refractivity contribution in [2.75, 3.05) is 0 Å². The van der Waals surface area contributed by atoms with Crippen molar-refractivity contribution < 1.29 is 0 Å². The van der Waals surface area contributed by atoms with Gasteiger partial charge in [-0.25, -0.2) is 0 Å². The van der Waals surface area contributed by atoms with Crippen molar-refractivity contribution >= 4 is 39.6 Å². The lowest BCUT2D eigenvalue weighted by atomic mass is 10.1. The third-order valence-corrected chi connectivity index (χ3v) is 11.1. The molecule has 0 fully saturated rings. The van der Waals surface area contributed by atoms with E-state index in [0.717, 1.165) is 0 Å². The minimum Gasteiger partial charge on any atom is -0.0623 e. The van der Waals surface area contributed by atoms with Crippen molar-refractivity contribution in [3.63, 3.8) is 0 Å². The van der Waals surface area contributed by atoms with Crippen LogP contribution in [-0.2, 0) is 0 Å². The lowest BCUT2D eigenvalue weighted by molar-refractivity contribution is 1.48. The van der Waals surface area contributed by atoms with Gasteiger partial charge in [0, 0.05) is 0 Å². The first kappa shape index (κ1) is 19.5. The number of hydrogen-bond donors (Lipinski definition) is 0. The molecule has 0 nitrogen and oxygen atoms in total. The van der Waals surface area contributed by atoms with Gasteiger partial charge in [-0.2, -0.15) is 0 Å². The van der Waals surface area contributed by atoms with E-state index in [1.165, 1.54) is 42.6 Å². The summed E-state index contributed by atoms with van der Waals surface area (Å²) in [7, 11) is -2.46. The Kier molecular flexibility index (Phi) is 5.05. The van der Waals surface area contributed by atoms with Gasteiger partial charge in [-0.3, -0.25) is 0 Å². The van der Waals surface area contributed by atoms with Crippen LogP contribution in [0.25, 0.3) is 10.8 Å². The highest BCUT2D eigenvalue weighted by atomic mass is 28.3. The Labute approximate surface area is 185 Å². The maximum absolute atomic E-state index is 2.46. The molecule has 0 aromatic heterocycles. The van der Waals surface area contributed by atoms with Gasteiger partial charge >= 0.3 is 0 Å². The van der Waals surface area contributed by atoms with Gasteiger partial charge in [-0.15, -0.1) is 0 Å². The number of rotatable bonds is 4. The molecule has 5 rings (SSSR count). The number of benzene rings is 5. The predicted octanol–water partition coefficient (Wildman–Crippen LogP) is 4.83. The number of aryl methyl sites for hydroxylation is 2. The summed E-state index contributed by atoms with van der Waals surface area (Å²) in [4.78, 5) is 0. The second-order valence-corrected chi connectivity index (χ2v) is 12.2. The van der Waals surface area contributed by atoms with E-state index in [2.05, 4.69) is 135 Å². The van der Waals surface area contributed by atoms with Crippen LogP contribution in [0.5, 0.6) is 0 Å². The second kappa shape index (κ2) is 8.01. The molecule has 5 aromatic rings. The van der Waals surface area contributed by atoms with Crippen LogP contribution < -0.4 is 20.7 Å². The Hall–Kier alpha value is -3.42. The summed E-state index contributed by atoms with van der Waals surface area (Å²) in [5.74, 6) is 0. The lowest BCUT2D eigenvalue weighted by Gasteiger charge is -2.34. The monoisotopic (exact) mass is 414 g/mol. The SMILES string of the molecule is Cc1ccc([Si](c2ccccc2)(c2ccc(C)cc2)c2ccc3ccccc3c2)cc1. The highest BCUT2D eigenvalue weighted by Crippen LogP contribution is 2.16. The summed E-state index contributed by atoms with van der Waals surface area (Å²) in [6.07, 6.45) is 0. The molecule has 0 amide bonds. The fraction of sp³-hybridized carbons (Fsp3) is 0.0667. The normalized spacial score (nSPS) is 11.5. The van der Waals surface area contributed by atoms with Gasteiger partial charge in [-0.1, -0.05) is 132 Å². The average molecular weight is 415 g/mol. The largest absolute Gasteiger partial charge is 0.179 e. The molecule has 31 heavy (non-hydrogen) atoms. The Bertz CT molecular complexity index is 1270. The third kappa shape index (κ3) is 3.41. The standard InChI is InChI=1S/C30H26Si/c1-23-12-17-28(18-13-23)31(27-10-4-3-5-11-27,29-19-14-24(2)15-20-29)30-21-16-25-8-6-7-9-26(25)22-30/h3-22H,1-2H3. The van der Waals surface area contributed by atoms with Crippen molar-refractivity contribution in [1.82, 2.24) is 0 Å². The third-order valence-electron chi connectivity index (χ3n) is 6.36. The first-order chi connectivity index (χ1) is 15.2. The first-order valence-electron chi connectivity index (χ1n) is 10.9. The minimum absolute atomic E-state index is 1.29. The smallest absolute Gasteiger partial charge is 0.0623 e. The number of hydrogen-bond acceptors (Lipinski definition) is 0. The van der Waals surface area contributed by atoms with Crippen molar-refractivity contribution in [1.29, 1.82) is 0 Å². The zero-order valence-corrected chi connectivity index (χ0v) is 19.0. The first-order valence-corrected chi connectivity index (χ1v) is 12.9. The van der Waals surface area contributed by atoms with E-state index in [0.29, 0.717) is 0 Å². The van der Waals surface area contributed by atoms with Gasteiger partial charge in [0.1, 0.15) is 0 Å². The average Bonchev–Trinajstić information content (AvgIpc) is 2.82. The fourth-order valence-electron chi connectivity index (χ4n) is 4.72. The molecule has 0 saturated carbocycles. The van der Waals surface area contributed by atoms with Crippen LogP contribution in [0.1, 0.15) is 11.1 Å². The zero-order valence-electron chi connectivity index (χ0n) is 18.0. The van der Waals surface area contributed by atoms with E-state index < -0.39 is 8.07 Å². The molecule has 0 radical (unpaired) electrons. The van der Waals surface area contributed by atoms with Gasteiger partial charge in [0.2, 0.25) is 0 Å². The summed E-state index contributed by atoms with van der Waals surface area (Å²) in [5.41, 5.74) is 2.59. The molecule has 0 aliphatic carbocycles. The molecule has 0 aliphatic heterocycles. The van der Waals surface area contributed by atoms with E-state index >= 15 is 0 Å². The van der Waals surface area contributed by atoms with Crippen molar-refractivity contribution in [3.05, 3.63) is 132 Å². The van der Waals surface area contributed by atoms with Gasteiger partial charge in [0.15, 0.2) is 8.07 Å². The van der Waals surface area contributed by atoms with Crippen molar-refractivity contribution in [2.45, 2.75) is 13.8 Å². The van der Waals surface area contributed by atoms with Gasteiger partial charge in [0.05, 0.1) is 0 Å². The quantitative estimate of drug-likeness (QED) is 0.292. The molecule has 0 heterocycles. The predicted molar refractivity (Wildman–Crippen MR) is 137 cm³/mol. The zero-order chi connectivity index (χ0) is 21.3. The summed E-state index contributed by atoms with van der Waals surface area (Å²) in [6.45, 7) is 4.33. The van der Waals surface area contributed by atoms with Crippen LogP contribution >= 0.6 is 0 Å². The van der Waals surface area contributed by atoms with Gasteiger partial charge in [-0.05, 0) is 45.4 Å². The van der Waals surface area contributed by atoms with Gasteiger partial charge < -0.3 is 0 Å². The van der Waals surface area contributed by atoms with Crippen LogP contribution in [0.2, 0.25) is 0 Å². The van der Waals surface area contributed by atoms with E-state index in [-0.39, 0.29) is 0 Å². The minimum atomic E-state index is -2.46. The van der Waals surface area contributed by atoms with E-state index in [1.54, 1.807) is 0 Å². The van der Waals surface area contributed by atoms with Crippen LogP contribution in [0.3, 0.4) is 0 Å². The van der Waals surface area contributed by atoms with Crippen LogP contribution in [0, 0.1) is 13.8 Å². The molecule has 0 saturated heterocycles. The van der Waals surface area contributed by atoms with Crippen molar-refractivity contribution in [3.8, 4) is 0 Å². The Morgan fingerprint density at radius 3 is 1.42 bits per heavy atom. The Morgan fingerprint density at radius 1 is 0.387 bits per heavy atom. The molecule has 0 N–H and O–H groups in total. The maximum Gasteiger partial charge on any atom is 0.179 e. The summed E-state index contributed by atoms with van der Waals surface area (Å²) >= 11 is 0. The Morgan fingerprint density at radius 2 is 0.839 bits per heavy atom. The van der Waals surface area contributed by atoms with Crippen LogP contribution in [-0.4, -0.2) is 8.07 Å². The van der Waals surface area contributed by atoms with Crippen LogP contribution in [0.15, 0.2) is 121 Å². The molecule has 5 aromatic carbocycles. The fourth-order valence-corrected chi connectivity index (χ4v) is 9.45. The lowest BCUT2D eigenvalue weighted by Crippen LogP contribution is -2.74. The van der Waals surface area contributed by atoms with Gasteiger partial charge in [0.25, 0.3) is 0 Å². The molecule has 0 spiro atoms. The molecule has 0 unspecified atom stereocenters. The summed E-state index contributed by atoms with van der Waals surface area (Å²) < 4.78 is 0. The topological polar surface area (TPSA) is 0 Å². The van der Waals surface area contributed by atoms with Crippen molar-refractivity contribution in [2.24, 2.45) is 0 Å². The second-order valence-electron chi connectivity index (χ2n) is 8.41. The highest BCUT2D eigenvalue weighted by Gasteiger charge is 2.41. The molecule has 150 valence electrons. The summed E-state index contributed by atoms with van der Waals surface area (Å²) in [5, 5.41) is 8.26. The molecule has 0 atom stereocenters. The molecular formula is C30H26Si. The van der Waals surface area contributed by atoms with E-state index in [4.69, 9.17) is 0 Å². The number of fused-ring (bicyclic) bond motifs is 1. The Balaban J connectivity index is 1.91. The van der Waals surface area contributed by atoms with E-state index in [9.17, 15) is 0 Å².